The van der Waals surface area contributed by atoms with Crippen LogP contribution in [-0.2, 0) is 14.3 Å². The Balaban J connectivity index is 1.67. The van der Waals surface area contributed by atoms with Crippen LogP contribution in [0.3, 0.4) is 0 Å². The molecule has 0 radical (unpaired) electrons. The molecule has 0 spiro atoms. The maximum atomic E-state index is 13.4. The van der Waals surface area contributed by atoms with Gasteiger partial charge in [-0.3, -0.25) is 5.32 Å². The molecule has 3 N–H and O–H groups in total. The lowest BCUT2D eigenvalue weighted by Gasteiger charge is -2.59. The number of aliphatic hydroxyl groups excluding tert-OH is 2. The smallest absolute Gasteiger partial charge is 0.417 e. The summed E-state index contributed by atoms with van der Waals surface area (Å²) in [6.07, 6.45) is 7.25. The SMILES string of the molecule is C=CCOC12Oc3ccc(OC(=O)Nc4ccc(OC)cc4OC)cc3C3C(CCCCO)C(CCCCO)C=C(C(=NOCC)CC1N(C)C(=O)OC)C32. The predicted octanol–water partition coefficient (Wildman–Crippen LogP) is 6.67. The number of likely N-dealkylation sites (N-methyl/N-ethyl adjacent to an activating group) is 1. The molecule has 5 rings (SSSR count). The molecule has 2 aromatic carbocycles. The number of fused-ring (bicyclic) bond motifs is 2. The van der Waals surface area contributed by atoms with Crippen LogP contribution in [0.2, 0.25) is 0 Å². The van der Waals surface area contributed by atoms with Crippen LogP contribution in [-0.4, -0.2) is 99.6 Å². The topological polar surface area (TPSA) is 167 Å². The van der Waals surface area contributed by atoms with E-state index in [4.69, 9.17) is 33.3 Å². The molecule has 6 atom stereocenters. The number of hydrogen-bond acceptors (Lipinski definition) is 12. The van der Waals surface area contributed by atoms with Gasteiger partial charge in [0.25, 0.3) is 0 Å². The third kappa shape index (κ3) is 8.87. The summed E-state index contributed by atoms with van der Waals surface area (Å²) in [5.74, 6) is -0.396. The lowest BCUT2D eigenvalue weighted by Crippen LogP contribution is -2.69. The van der Waals surface area contributed by atoms with Crippen molar-refractivity contribution < 1.29 is 53.1 Å². The van der Waals surface area contributed by atoms with E-state index in [-0.39, 0.29) is 49.7 Å². The van der Waals surface area contributed by atoms with Gasteiger partial charge in [0.05, 0.1) is 45.3 Å². The number of allylic oxidation sites excluding steroid dienone is 1. The molecule has 14 nitrogen and oxygen atoms in total. The number of ether oxygens (including phenoxy) is 6. The standard InChI is InChI=1S/C41H55N3O11/c1-7-21-52-41-36(44(3)40(48)51-6)25-33(43-53-8-2)30-22-26(13-9-11-19-45)29(14-10-12-20-46)37(38(30)41)31-23-28(16-18-34(31)55-41)54-39(47)42-32-17-15-27(49-4)24-35(32)50-5/h7,15-18,22-24,26,29,36-38,45-46H,1,8-14,19-21,25H2,2-6H3,(H,42,47). The molecule has 1 heterocycles. The van der Waals surface area contributed by atoms with Gasteiger partial charge in [0.2, 0.25) is 5.79 Å². The first-order valence-corrected chi connectivity index (χ1v) is 18.9. The maximum Gasteiger partial charge on any atom is 0.417 e. The number of carbonyl (C=O) groups is 2. The van der Waals surface area contributed by atoms with E-state index < -0.39 is 29.9 Å². The van der Waals surface area contributed by atoms with E-state index in [0.717, 1.165) is 36.8 Å². The highest BCUT2D eigenvalue weighted by Gasteiger charge is 2.65. The summed E-state index contributed by atoms with van der Waals surface area (Å²) in [6, 6.07) is 9.59. The molecule has 0 saturated heterocycles. The molecule has 0 aromatic heterocycles. The van der Waals surface area contributed by atoms with Gasteiger partial charge in [-0.05, 0) is 80.3 Å². The predicted molar refractivity (Wildman–Crippen MR) is 206 cm³/mol. The van der Waals surface area contributed by atoms with Crippen molar-refractivity contribution in [3.05, 3.63) is 66.3 Å². The number of amides is 2. The first kappa shape index (κ1) is 41.4. The number of methoxy groups -OCH3 is 3. The van der Waals surface area contributed by atoms with Crippen LogP contribution in [0, 0.1) is 17.8 Å². The Kier molecular flexibility index (Phi) is 14.4. The highest BCUT2D eigenvalue weighted by Crippen LogP contribution is 2.61. The van der Waals surface area contributed by atoms with Crippen molar-refractivity contribution in [2.75, 3.05) is 60.1 Å². The largest absolute Gasteiger partial charge is 0.497 e. The van der Waals surface area contributed by atoms with Gasteiger partial charge in [0.1, 0.15) is 35.6 Å². The fourth-order valence-electron chi connectivity index (χ4n) is 8.35. The van der Waals surface area contributed by atoms with Crippen LogP contribution in [0.15, 0.2) is 65.9 Å². The molecule has 0 bridgehead atoms. The molecule has 300 valence electrons. The van der Waals surface area contributed by atoms with Crippen LogP contribution < -0.4 is 24.3 Å². The molecule has 1 aliphatic heterocycles. The summed E-state index contributed by atoms with van der Waals surface area (Å²) >= 11 is 0. The number of hydrogen-bond donors (Lipinski definition) is 3. The summed E-state index contributed by atoms with van der Waals surface area (Å²) in [5.41, 5.74) is 2.77. The molecule has 2 amide bonds. The minimum Gasteiger partial charge on any atom is -0.497 e. The first-order chi connectivity index (χ1) is 26.7. The van der Waals surface area contributed by atoms with E-state index >= 15 is 0 Å². The minimum atomic E-state index is -1.41. The van der Waals surface area contributed by atoms with Crippen molar-refractivity contribution in [3.63, 3.8) is 0 Å². The zero-order valence-corrected chi connectivity index (χ0v) is 32.5. The minimum absolute atomic E-state index is 0.00323. The van der Waals surface area contributed by atoms with Gasteiger partial charge < -0.3 is 48.4 Å². The van der Waals surface area contributed by atoms with E-state index in [2.05, 4.69) is 23.1 Å². The number of carbonyl (C=O) groups excluding carboxylic acids is 2. The molecule has 1 saturated carbocycles. The van der Waals surface area contributed by atoms with Crippen molar-refractivity contribution in [1.82, 2.24) is 4.90 Å². The van der Waals surface area contributed by atoms with Gasteiger partial charge in [-0.15, -0.1) is 6.58 Å². The van der Waals surface area contributed by atoms with Crippen molar-refractivity contribution in [1.29, 1.82) is 0 Å². The van der Waals surface area contributed by atoms with Gasteiger partial charge in [-0.1, -0.05) is 30.1 Å². The molecule has 3 aliphatic rings. The monoisotopic (exact) mass is 765 g/mol. The third-order valence-corrected chi connectivity index (χ3v) is 10.7. The molecule has 1 fully saturated rings. The summed E-state index contributed by atoms with van der Waals surface area (Å²) in [4.78, 5) is 33.8. The number of anilines is 1. The number of benzene rings is 2. The van der Waals surface area contributed by atoms with E-state index in [1.54, 1.807) is 50.6 Å². The van der Waals surface area contributed by atoms with Crippen molar-refractivity contribution in [3.8, 4) is 23.0 Å². The molecular weight excluding hydrogens is 710 g/mol. The molecule has 2 aliphatic carbocycles. The Labute approximate surface area is 323 Å². The zero-order chi connectivity index (χ0) is 39.5. The second-order valence-corrected chi connectivity index (χ2v) is 13.9. The van der Waals surface area contributed by atoms with Gasteiger partial charge in [0, 0.05) is 44.2 Å². The first-order valence-electron chi connectivity index (χ1n) is 18.9. The number of nitrogens with zero attached hydrogens (tertiary/aromatic N) is 2. The van der Waals surface area contributed by atoms with E-state index in [0.29, 0.717) is 48.1 Å². The van der Waals surface area contributed by atoms with Crippen LogP contribution in [0.1, 0.15) is 63.4 Å². The molecule has 14 heteroatoms. The summed E-state index contributed by atoms with van der Waals surface area (Å²) in [5, 5.41) is 26.9. The second kappa shape index (κ2) is 19.2. The Hall–Kier alpha value is -4.79. The molecule has 55 heavy (non-hydrogen) atoms. The molecular formula is C41H55N3O11. The van der Waals surface area contributed by atoms with E-state index in [9.17, 15) is 19.8 Å². The maximum absolute atomic E-state index is 13.4. The highest BCUT2D eigenvalue weighted by atomic mass is 16.7. The van der Waals surface area contributed by atoms with Gasteiger partial charge in [-0.2, -0.15) is 0 Å². The Bertz CT molecular complexity index is 1710. The fourth-order valence-corrected chi connectivity index (χ4v) is 8.35. The van der Waals surface area contributed by atoms with Gasteiger partial charge in [0.15, 0.2) is 0 Å². The number of nitrogens with one attached hydrogen (secondary N) is 1. The quantitative estimate of drug-likeness (QED) is 0.0843. The fraction of sp³-hybridized carbons (Fsp3) is 0.537. The van der Waals surface area contributed by atoms with Crippen LogP contribution in [0.5, 0.6) is 23.0 Å². The average Bonchev–Trinajstić information content (AvgIpc) is 3.20. The molecule has 2 aromatic rings. The van der Waals surface area contributed by atoms with Crippen molar-refractivity contribution >= 4 is 23.6 Å². The Morgan fingerprint density at radius 2 is 1.78 bits per heavy atom. The number of aliphatic hydroxyl groups is 2. The van der Waals surface area contributed by atoms with Crippen LogP contribution >= 0.6 is 0 Å². The van der Waals surface area contributed by atoms with Crippen molar-refractivity contribution in [2.45, 2.75) is 69.6 Å². The van der Waals surface area contributed by atoms with Crippen LogP contribution in [0.4, 0.5) is 15.3 Å². The van der Waals surface area contributed by atoms with E-state index in [1.165, 1.54) is 19.1 Å². The lowest BCUT2D eigenvalue weighted by atomic mass is 9.55. The summed E-state index contributed by atoms with van der Waals surface area (Å²) in [7, 11) is 6.03. The Morgan fingerprint density at radius 1 is 1.04 bits per heavy atom. The van der Waals surface area contributed by atoms with Crippen molar-refractivity contribution in [2.24, 2.45) is 22.9 Å². The number of oxime groups is 1. The summed E-state index contributed by atoms with van der Waals surface area (Å²) in [6.45, 7) is 6.40. The van der Waals surface area contributed by atoms with Crippen LogP contribution in [0.25, 0.3) is 0 Å². The van der Waals surface area contributed by atoms with Gasteiger partial charge in [-0.25, -0.2) is 9.59 Å². The second-order valence-electron chi connectivity index (χ2n) is 13.9. The number of unbranched alkanes of at least 4 members (excludes halogenated alkanes) is 2. The average molecular weight is 766 g/mol. The van der Waals surface area contributed by atoms with E-state index in [1.807, 2.05) is 13.0 Å². The highest BCUT2D eigenvalue weighted by molar-refractivity contribution is 6.03. The van der Waals surface area contributed by atoms with Gasteiger partial charge >= 0.3 is 12.2 Å². The zero-order valence-electron chi connectivity index (χ0n) is 32.5. The number of rotatable bonds is 18. The lowest BCUT2D eigenvalue weighted by molar-refractivity contribution is -0.253. The molecule has 6 unspecified atom stereocenters. The Morgan fingerprint density at radius 3 is 2.45 bits per heavy atom. The normalized spacial score (nSPS) is 24.3. The third-order valence-electron chi connectivity index (χ3n) is 10.7. The summed E-state index contributed by atoms with van der Waals surface area (Å²) < 4.78 is 35.7.